The first-order valence-electron chi connectivity index (χ1n) is 5.37. The molecule has 1 rings (SSSR count). The first-order chi connectivity index (χ1) is 7.78. The molecule has 0 spiro atoms. The molecule has 0 aromatic heterocycles. The average Bonchev–Trinajstić information content (AvgIpc) is 2.15. The number of carboxylic acid groups (broad SMARTS) is 1. The van der Waals surface area contributed by atoms with Crippen LogP contribution in [0.5, 0.6) is 0 Å². The average molecular weight is 253 g/mol. The summed E-state index contributed by atoms with van der Waals surface area (Å²) in [6.07, 6.45) is -4.35. The van der Waals surface area contributed by atoms with Gasteiger partial charge in [-0.1, -0.05) is 0 Å². The van der Waals surface area contributed by atoms with E-state index in [0.29, 0.717) is 25.7 Å². The van der Waals surface area contributed by atoms with Gasteiger partial charge in [-0.15, -0.1) is 0 Å². The highest BCUT2D eigenvalue weighted by Gasteiger charge is 2.33. The van der Waals surface area contributed by atoms with E-state index in [2.05, 4.69) is 5.32 Å². The molecule has 2 N–H and O–H groups in total. The summed E-state index contributed by atoms with van der Waals surface area (Å²) in [5, 5.41) is 11.0. The molecule has 0 unspecified atom stereocenters. The van der Waals surface area contributed by atoms with Gasteiger partial charge in [-0.2, -0.15) is 13.2 Å². The molecule has 0 aromatic carbocycles. The molecule has 98 valence electrons. The van der Waals surface area contributed by atoms with Gasteiger partial charge in [-0.05, 0) is 25.7 Å². The van der Waals surface area contributed by atoms with Crippen molar-refractivity contribution in [3.63, 3.8) is 0 Å². The lowest BCUT2D eigenvalue weighted by molar-refractivity contribution is -0.154. The number of halogens is 3. The molecule has 0 atom stereocenters. The van der Waals surface area contributed by atoms with E-state index in [0.717, 1.165) is 0 Å². The van der Waals surface area contributed by atoms with Crippen LogP contribution in [0.1, 0.15) is 32.1 Å². The zero-order valence-corrected chi connectivity index (χ0v) is 9.09. The zero-order valence-electron chi connectivity index (χ0n) is 9.09. The number of alkyl halides is 3. The molecule has 1 amide bonds. The third-order valence-electron chi connectivity index (χ3n) is 2.80. The van der Waals surface area contributed by atoms with Crippen LogP contribution >= 0.6 is 0 Å². The maximum atomic E-state index is 11.9. The molecular formula is C10H14F3NO3. The minimum atomic E-state index is -4.50. The summed E-state index contributed by atoms with van der Waals surface area (Å²) in [6.45, 7) is 0. The van der Waals surface area contributed by atoms with Crippen molar-refractivity contribution in [3.05, 3.63) is 0 Å². The fourth-order valence-electron chi connectivity index (χ4n) is 1.95. The Bertz CT molecular complexity index is 296. The molecule has 0 saturated heterocycles. The van der Waals surface area contributed by atoms with Crippen LogP contribution in [0.4, 0.5) is 13.2 Å². The van der Waals surface area contributed by atoms with Crippen LogP contribution in [0, 0.1) is 5.92 Å². The molecule has 1 fully saturated rings. The summed E-state index contributed by atoms with van der Waals surface area (Å²) < 4.78 is 35.7. The van der Waals surface area contributed by atoms with E-state index >= 15 is 0 Å². The van der Waals surface area contributed by atoms with Crippen LogP contribution in [-0.2, 0) is 9.59 Å². The van der Waals surface area contributed by atoms with E-state index in [4.69, 9.17) is 5.11 Å². The van der Waals surface area contributed by atoms with Crippen molar-refractivity contribution in [1.82, 2.24) is 5.32 Å². The molecule has 1 saturated carbocycles. The molecular weight excluding hydrogens is 239 g/mol. The standard InChI is InChI=1S/C10H14F3NO3/c11-10(12,13)5-8(15)14-7-3-1-6(2-4-7)9(16)17/h6-7H,1-5H2,(H,14,15)(H,16,17). The van der Waals surface area contributed by atoms with Crippen molar-refractivity contribution < 1.29 is 27.9 Å². The number of hydrogen-bond acceptors (Lipinski definition) is 2. The summed E-state index contributed by atoms with van der Waals surface area (Å²) in [7, 11) is 0. The van der Waals surface area contributed by atoms with Gasteiger partial charge in [0.1, 0.15) is 6.42 Å². The van der Waals surface area contributed by atoms with Gasteiger partial charge in [0.2, 0.25) is 5.91 Å². The Labute approximate surface area is 96.2 Å². The summed E-state index contributed by atoms with van der Waals surface area (Å²) in [4.78, 5) is 21.6. The topological polar surface area (TPSA) is 66.4 Å². The van der Waals surface area contributed by atoms with E-state index in [1.807, 2.05) is 0 Å². The minimum absolute atomic E-state index is 0.333. The van der Waals surface area contributed by atoms with Gasteiger partial charge in [-0.25, -0.2) is 0 Å². The zero-order chi connectivity index (χ0) is 13.1. The predicted octanol–water partition coefficient (Wildman–Crippen LogP) is 1.70. The fourth-order valence-corrected chi connectivity index (χ4v) is 1.95. The number of carbonyl (C=O) groups excluding carboxylic acids is 1. The van der Waals surface area contributed by atoms with Crippen LogP contribution in [0.25, 0.3) is 0 Å². The highest BCUT2D eigenvalue weighted by atomic mass is 19.4. The van der Waals surface area contributed by atoms with Crippen molar-refractivity contribution >= 4 is 11.9 Å². The Morgan fingerprint density at radius 3 is 2.12 bits per heavy atom. The number of amides is 1. The summed E-state index contributed by atoms with van der Waals surface area (Å²) in [5.74, 6) is -2.37. The van der Waals surface area contributed by atoms with Crippen LogP contribution < -0.4 is 5.32 Å². The number of rotatable bonds is 3. The second kappa shape index (κ2) is 5.37. The Balaban J connectivity index is 2.31. The fraction of sp³-hybridized carbons (Fsp3) is 0.800. The monoisotopic (exact) mass is 253 g/mol. The summed E-state index contributed by atoms with van der Waals surface area (Å²) in [6, 6.07) is -0.333. The lowest BCUT2D eigenvalue weighted by Crippen LogP contribution is -2.40. The number of aliphatic carboxylic acids is 1. The third kappa shape index (κ3) is 5.06. The Morgan fingerprint density at radius 1 is 1.18 bits per heavy atom. The second-order valence-electron chi connectivity index (χ2n) is 4.25. The minimum Gasteiger partial charge on any atom is -0.481 e. The van der Waals surface area contributed by atoms with Gasteiger partial charge in [0.05, 0.1) is 5.92 Å². The lowest BCUT2D eigenvalue weighted by Gasteiger charge is -2.26. The van der Waals surface area contributed by atoms with Crippen molar-refractivity contribution in [3.8, 4) is 0 Å². The van der Waals surface area contributed by atoms with Crippen molar-refractivity contribution in [2.75, 3.05) is 0 Å². The molecule has 4 nitrogen and oxygen atoms in total. The largest absolute Gasteiger partial charge is 0.481 e. The Kier molecular flexibility index (Phi) is 4.36. The third-order valence-corrected chi connectivity index (χ3v) is 2.80. The van der Waals surface area contributed by atoms with Crippen molar-refractivity contribution in [2.24, 2.45) is 5.92 Å². The maximum Gasteiger partial charge on any atom is 0.397 e. The van der Waals surface area contributed by atoms with Crippen LogP contribution in [0.2, 0.25) is 0 Å². The summed E-state index contributed by atoms with van der Waals surface area (Å²) in [5.41, 5.74) is 0. The summed E-state index contributed by atoms with van der Waals surface area (Å²) >= 11 is 0. The van der Waals surface area contributed by atoms with Gasteiger partial charge >= 0.3 is 12.1 Å². The smallest absolute Gasteiger partial charge is 0.397 e. The normalized spacial score (nSPS) is 25.4. The van der Waals surface area contributed by atoms with E-state index < -0.39 is 30.4 Å². The Morgan fingerprint density at radius 2 is 1.71 bits per heavy atom. The van der Waals surface area contributed by atoms with Gasteiger partial charge in [-0.3, -0.25) is 9.59 Å². The molecule has 0 heterocycles. The number of carboxylic acids is 1. The second-order valence-corrected chi connectivity index (χ2v) is 4.25. The van der Waals surface area contributed by atoms with E-state index in [1.54, 1.807) is 0 Å². The molecule has 17 heavy (non-hydrogen) atoms. The molecule has 7 heteroatoms. The first-order valence-corrected chi connectivity index (χ1v) is 5.37. The maximum absolute atomic E-state index is 11.9. The quantitative estimate of drug-likeness (QED) is 0.804. The molecule has 1 aliphatic carbocycles. The van der Waals surface area contributed by atoms with E-state index in [9.17, 15) is 22.8 Å². The van der Waals surface area contributed by atoms with Crippen LogP contribution in [0.15, 0.2) is 0 Å². The van der Waals surface area contributed by atoms with Crippen molar-refractivity contribution in [2.45, 2.75) is 44.3 Å². The molecule has 0 aliphatic heterocycles. The van der Waals surface area contributed by atoms with Gasteiger partial charge < -0.3 is 10.4 Å². The van der Waals surface area contributed by atoms with Crippen LogP contribution in [-0.4, -0.2) is 29.2 Å². The lowest BCUT2D eigenvalue weighted by atomic mass is 9.86. The van der Waals surface area contributed by atoms with Crippen LogP contribution in [0.3, 0.4) is 0 Å². The van der Waals surface area contributed by atoms with Gasteiger partial charge in [0.25, 0.3) is 0 Å². The first kappa shape index (κ1) is 13.8. The molecule has 0 aromatic rings. The number of hydrogen-bond donors (Lipinski definition) is 2. The number of nitrogens with one attached hydrogen (secondary N) is 1. The van der Waals surface area contributed by atoms with E-state index in [1.165, 1.54) is 0 Å². The van der Waals surface area contributed by atoms with Gasteiger partial charge in [0, 0.05) is 6.04 Å². The van der Waals surface area contributed by atoms with E-state index in [-0.39, 0.29) is 6.04 Å². The molecule has 1 aliphatic rings. The highest BCUT2D eigenvalue weighted by molar-refractivity contribution is 5.77. The molecule has 0 bridgehead atoms. The molecule has 0 radical (unpaired) electrons. The number of carbonyl (C=O) groups is 2. The SMILES string of the molecule is O=C(CC(F)(F)F)NC1CCC(C(=O)O)CC1. The predicted molar refractivity (Wildman–Crippen MR) is 52.2 cm³/mol. The highest BCUT2D eigenvalue weighted by Crippen LogP contribution is 2.25. The Hall–Kier alpha value is -1.27. The van der Waals surface area contributed by atoms with Gasteiger partial charge in [0.15, 0.2) is 0 Å². The van der Waals surface area contributed by atoms with Crippen molar-refractivity contribution in [1.29, 1.82) is 0 Å².